The lowest BCUT2D eigenvalue weighted by atomic mass is 10.2. The van der Waals surface area contributed by atoms with Crippen molar-refractivity contribution in [2.45, 2.75) is 18.7 Å². The minimum absolute atomic E-state index is 0.0358. The van der Waals surface area contributed by atoms with Gasteiger partial charge in [0.2, 0.25) is 0 Å². The summed E-state index contributed by atoms with van der Waals surface area (Å²) in [6, 6.07) is 15.2. The number of carbonyl (C=O) groups is 2. The Morgan fingerprint density at radius 1 is 0.857 bits per heavy atom. The molecule has 184 valence electrons. The van der Waals surface area contributed by atoms with Crippen molar-refractivity contribution in [2.24, 2.45) is 0 Å². The van der Waals surface area contributed by atoms with Crippen molar-refractivity contribution in [1.29, 1.82) is 0 Å². The fourth-order valence-electron chi connectivity index (χ4n) is 3.12. The number of benzene rings is 3. The Balaban J connectivity index is 1.58. The third-order valence-electron chi connectivity index (χ3n) is 4.91. The molecule has 0 aliphatic heterocycles. The number of anilines is 1. The molecule has 0 aliphatic carbocycles. The fraction of sp³-hybridized carbons (Fsp3) is 0.200. The molecule has 0 aromatic heterocycles. The summed E-state index contributed by atoms with van der Waals surface area (Å²) in [5.41, 5.74) is 1.91. The molecule has 0 bridgehead atoms. The first-order chi connectivity index (χ1) is 16.6. The molecule has 9 nitrogen and oxygen atoms in total. The Hall–Kier alpha value is -4.05. The molecule has 3 aromatic carbocycles. The summed E-state index contributed by atoms with van der Waals surface area (Å²) in [6.45, 7) is 2.94. The van der Waals surface area contributed by atoms with Crippen molar-refractivity contribution in [1.82, 2.24) is 0 Å². The van der Waals surface area contributed by atoms with Crippen LogP contribution in [0.5, 0.6) is 17.2 Å². The van der Waals surface area contributed by atoms with E-state index in [9.17, 15) is 18.0 Å². The molecule has 3 aromatic rings. The van der Waals surface area contributed by atoms with Crippen LogP contribution in [0, 0.1) is 13.8 Å². The first-order valence-electron chi connectivity index (χ1n) is 10.4. The van der Waals surface area contributed by atoms with Gasteiger partial charge >= 0.3 is 16.1 Å². The van der Waals surface area contributed by atoms with E-state index in [1.54, 1.807) is 38.1 Å². The van der Waals surface area contributed by atoms with Crippen LogP contribution in [0.3, 0.4) is 0 Å². The minimum Gasteiger partial charge on any atom is -0.493 e. The molecule has 0 spiro atoms. The number of amides is 1. The van der Waals surface area contributed by atoms with Crippen LogP contribution in [0.1, 0.15) is 21.5 Å². The van der Waals surface area contributed by atoms with Crippen LogP contribution in [-0.2, 0) is 19.6 Å². The first-order valence-corrected chi connectivity index (χ1v) is 11.8. The first kappa shape index (κ1) is 25.6. The molecule has 0 saturated heterocycles. The monoisotopic (exact) mass is 499 g/mol. The average molecular weight is 500 g/mol. The second kappa shape index (κ2) is 10.9. The Bertz CT molecular complexity index is 1330. The standard InChI is InChI=1S/C25H25NO8S/c1-16-5-6-17(2)23(13-16)35(29,30)34-20-10-7-18(8-11-20)25(28)33-15-24(27)26-19-9-12-21(31-3)22(14-19)32-4/h5-14H,15H2,1-4H3,(H,26,27). The summed E-state index contributed by atoms with van der Waals surface area (Å²) in [7, 11) is -1.08. The van der Waals surface area contributed by atoms with E-state index in [1.165, 1.54) is 44.6 Å². The van der Waals surface area contributed by atoms with Gasteiger partial charge in [-0.15, -0.1) is 0 Å². The molecular formula is C25H25NO8S. The van der Waals surface area contributed by atoms with E-state index < -0.39 is 28.6 Å². The lowest BCUT2D eigenvalue weighted by Crippen LogP contribution is -2.21. The molecule has 0 radical (unpaired) electrons. The third-order valence-corrected chi connectivity index (χ3v) is 6.30. The van der Waals surface area contributed by atoms with E-state index in [0.29, 0.717) is 22.7 Å². The zero-order valence-corrected chi connectivity index (χ0v) is 20.5. The smallest absolute Gasteiger partial charge is 0.339 e. The van der Waals surface area contributed by atoms with Gasteiger partial charge < -0.3 is 23.7 Å². The van der Waals surface area contributed by atoms with Crippen molar-refractivity contribution in [2.75, 3.05) is 26.1 Å². The highest BCUT2D eigenvalue weighted by molar-refractivity contribution is 7.87. The van der Waals surface area contributed by atoms with Gasteiger partial charge in [-0.05, 0) is 67.4 Å². The predicted molar refractivity (Wildman–Crippen MR) is 129 cm³/mol. The van der Waals surface area contributed by atoms with Crippen LogP contribution in [-0.4, -0.2) is 41.1 Å². The van der Waals surface area contributed by atoms with Crippen LogP contribution in [0.4, 0.5) is 5.69 Å². The number of methoxy groups -OCH3 is 2. The molecule has 35 heavy (non-hydrogen) atoms. The summed E-state index contributed by atoms with van der Waals surface area (Å²) >= 11 is 0. The van der Waals surface area contributed by atoms with Crippen molar-refractivity contribution in [3.63, 3.8) is 0 Å². The van der Waals surface area contributed by atoms with Gasteiger partial charge in [-0.2, -0.15) is 8.42 Å². The number of ether oxygens (including phenoxy) is 3. The molecule has 0 atom stereocenters. The number of rotatable bonds is 9. The second-order valence-corrected chi connectivity index (χ2v) is 9.04. The van der Waals surface area contributed by atoms with Gasteiger partial charge in [-0.25, -0.2) is 4.79 Å². The van der Waals surface area contributed by atoms with Crippen LogP contribution >= 0.6 is 0 Å². The maximum absolute atomic E-state index is 12.6. The number of esters is 1. The van der Waals surface area contributed by atoms with Crippen molar-refractivity contribution in [3.05, 3.63) is 77.4 Å². The van der Waals surface area contributed by atoms with Crippen molar-refractivity contribution >= 4 is 27.7 Å². The molecule has 10 heteroatoms. The molecule has 0 saturated carbocycles. The van der Waals surface area contributed by atoms with Crippen LogP contribution in [0.25, 0.3) is 0 Å². The zero-order valence-electron chi connectivity index (χ0n) is 19.7. The van der Waals surface area contributed by atoms with Gasteiger partial charge in [0.05, 0.1) is 19.8 Å². The zero-order chi connectivity index (χ0) is 25.6. The van der Waals surface area contributed by atoms with E-state index in [0.717, 1.165) is 5.56 Å². The predicted octanol–water partition coefficient (Wildman–Crippen LogP) is 3.88. The Labute approximate surface area is 203 Å². The lowest BCUT2D eigenvalue weighted by molar-refractivity contribution is -0.119. The summed E-state index contributed by atoms with van der Waals surface area (Å²) in [4.78, 5) is 24.5. The summed E-state index contributed by atoms with van der Waals surface area (Å²) < 4.78 is 45.8. The quantitative estimate of drug-likeness (QED) is 0.348. The van der Waals surface area contributed by atoms with Crippen LogP contribution in [0.2, 0.25) is 0 Å². The van der Waals surface area contributed by atoms with E-state index >= 15 is 0 Å². The lowest BCUT2D eigenvalue weighted by Gasteiger charge is -2.11. The van der Waals surface area contributed by atoms with Gasteiger partial charge in [0.15, 0.2) is 18.1 Å². The number of aryl methyl sites for hydroxylation is 2. The summed E-state index contributed by atoms with van der Waals surface area (Å²) in [6.07, 6.45) is 0. The molecule has 0 fully saturated rings. The van der Waals surface area contributed by atoms with E-state index in [4.69, 9.17) is 18.4 Å². The highest BCUT2D eigenvalue weighted by atomic mass is 32.2. The van der Waals surface area contributed by atoms with E-state index in [1.807, 2.05) is 6.07 Å². The molecule has 1 N–H and O–H groups in total. The Morgan fingerprint density at radius 3 is 2.20 bits per heavy atom. The topological polar surface area (TPSA) is 117 Å². The van der Waals surface area contributed by atoms with Crippen LogP contribution < -0.4 is 19.0 Å². The largest absolute Gasteiger partial charge is 0.493 e. The Morgan fingerprint density at radius 2 is 1.54 bits per heavy atom. The molecule has 0 unspecified atom stereocenters. The molecule has 1 amide bonds. The van der Waals surface area contributed by atoms with Gasteiger partial charge in [0, 0.05) is 11.8 Å². The third kappa shape index (κ3) is 6.51. The summed E-state index contributed by atoms with van der Waals surface area (Å²) in [5.74, 6) is -0.328. The number of hydrogen-bond donors (Lipinski definition) is 1. The normalized spacial score (nSPS) is 10.9. The second-order valence-electron chi connectivity index (χ2n) is 7.52. The number of nitrogens with one attached hydrogen (secondary N) is 1. The van der Waals surface area contributed by atoms with Gasteiger partial charge in [0.25, 0.3) is 5.91 Å². The van der Waals surface area contributed by atoms with E-state index in [-0.39, 0.29) is 16.2 Å². The number of hydrogen-bond acceptors (Lipinski definition) is 8. The van der Waals surface area contributed by atoms with Gasteiger partial charge in [-0.3, -0.25) is 4.79 Å². The Kier molecular flexibility index (Phi) is 7.98. The van der Waals surface area contributed by atoms with E-state index in [2.05, 4.69) is 5.32 Å². The summed E-state index contributed by atoms with van der Waals surface area (Å²) in [5, 5.41) is 2.60. The molecular weight excluding hydrogens is 474 g/mol. The minimum atomic E-state index is -4.05. The maximum Gasteiger partial charge on any atom is 0.339 e. The SMILES string of the molecule is COc1ccc(NC(=O)COC(=O)c2ccc(OS(=O)(=O)c3cc(C)ccc3C)cc2)cc1OC. The number of carbonyl (C=O) groups excluding carboxylic acids is 2. The molecule has 0 aliphatic rings. The average Bonchev–Trinajstić information content (AvgIpc) is 2.84. The molecule has 3 rings (SSSR count). The van der Waals surface area contributed by atoms with Crippen molar-refractivity contribution in [3.8, 4) is 17.2 Å². The molecule has 0 heterocycles. The maximum atomic E-state index is 12.6. The highest BCUT2D eigenvalue weighted by Gasteiger charge is 2.20. The fourth-order valence-corrected chi connectivity index (χ4v) is 4.37. The highest BCUT2D eigenvalue weighted by Crippen LogP contribution is 2.29. The van der Waals surface area contributed by atoms with Crippen LogP contribution in [0.15, 0.2) is 65.6 Å². The van der Waals surface area contributed by atoms with Gasteiger partial charge in [0.1, 0.15) is 10.6 Å². The van der Waals surface area contributed by atoms with Gasteiger partial charge in [-0.1, -0.05) is 12.1 Å². The van der Waals surface area contributed by atoms with Crippen molar-refractivity contribution < 1.29 is 36.4 Å².